The Morgan fingerprint density at radius 1 is 0.575 bits per heavy atom. The van der Waals surface area contributed by atoms with Crippen LogP contribution in [0.5, 0.6) is 11.5 Å². The maximum Gasteiger partial charge on any atom is 0.147 e. The van der Waals surface area contributed by atoms with E-state index in [9.17, 15) is 5.11 Å². The molecule has 3 nitrogen and oxygen atoms in total. The van der Waals surface area contributed by atoms with E-state index in [1.54, 1.807) is 7.11 Å². The van der Waals surface area contributed by atoms with Crippen molar-refractivity contribution in [3.8, 4) is 22.6 Å². The molecule has 0 saturated heterocycles. The van der Waals surface area contributed by atoms with Crippen LogP contribution in [0.25, 0.3) is 11.1 Å². The quantitative estimate of drug-likeness (QED) is 0.205. The number of hydrogen-bond acceptors (Lipinski definition) is 3. The lowest BCUT2D eigenvalue weighted by molar-refractivity contribution is 0.116. The molecule has 0 radical (unpaired) electrons. The van der Waals surface area contributed by atoms with Crippen molar-refractivity contribution in [2.45, 2.75) is 38.4 Å². The first kappa shape index (κ1) is 27.2. The summed E-state index contributed by atoms with van der Waals surface area (Å²) in [5, 5.41) is 13.1. The minimum Gasteiger partial charge on any atom is -0.496 e. The van der Waals surface area contributed by atoms with Gasteiger partial charge in [0.15, 0.2) is 0 Å². The summed E-state index contributed by atoms with van der Waals surface area (Å²) in [5.74, 6) is 1.30. The van der Waals surface area contributed by atoms with Gasteiger partial charge in [-0.05, 0) is 27.7 Å². The lowest BCUT2D eigenvalue weighted by atomic mass is 9.75. The van der Waals surface area contributed by atoms with Gasteiger partial charge in [-0.25, -0.2) is 0 Å². The van der Waals surface area contributed by atoms with Gasteiger partial charge < -0.3 is 14.6 Å². The van der Waals surface area contributed by atoms with Crippen LogP contribution in [-0.2, 0) is 17.6 Å². The van der Waals surface area contributed by atoms with E-state index < -0.39 is 5.60 Å². The molecule has 40 heavy (non-hydrogen) atoms. The molecule has 0 aliphatic heterocycles. The number of hydrogen-bond donors (Lipinski definition) is 1. The third-order valence-corrected chi connectivity index (χ3v) is 7.32. The van der Waals surface area contributed by atoms with Gasteiger partial charge in [0.1, 0.15) is 23.7 Å². The summed E-state index contributed by atoms with van der Waals surface area (Å²) in [6.07, 6.45) is 0. The van der Waals surface area contributed by atoms with Crippen molar-refractivity contribution in [2.75, 3.05) is 7.11 Å². The van der Waals surface area contributed by atoms with E-state index in [1.807, 2.05) is 97.1 Å². The highest BCUT2D eigenvalue weighted by Crippen LogP contribution is 2.49. The minimum atomic E-state index is -1.56. The van der Waals surface area contributed by atoms with Crippen molar-refractivity contribution >= 4 is 0 Å². The molecule has 5 aromatic carbocycles. The molecule has 5 rings (SSSR count). The van der Waals surface area contributed by atoms with E-state index in [2.05, 4.69) is 51.1 Å². The van der Waals surface area contributed by atoms with Gasteiger partial charge in [-0.3, -0.25) is 0 Å². The van der Waals surface area contributed by atoms with Gasteiger partial charge in [0, 0.05) is 16.7 Å². The SMILES string of the molecule is COc1c(-c2ccccc2)cccc1C(O)(c1ccccc1)c1cccc(C(C)(C)C)c1OCc1ccccc1. The third kappa shape index (κ3) is 5.25. The topological polar surface area (TPSA) is 38.7 Å². The van der Waals surface area contributed by atoms with Crippen LogP contribution in [0.3, 0.4) is 0 Å². The van der Waals surface area contributed by atoms with Crippen LogP contribution >= 0.6 is 0 Å². The Bertz CT molecular complexity index is 1550. The number of para-hydroxylation sites is 2. The summed E-state index contributed by atoms with van der Waals surface area (Å²) in [7, 11) is 1.66. The molecule has 1 unspecified atom stereocenters. The molecular formula is C37H36O3. The number of ether oxygens (including phenoxy) is 2. The lowest BCUT2D eigenvalue weighted by Gasteiger charge is -2.35. The molecule has 1 atom stereocenters. The number of benzene rings is 5. The zero-order chi connectivity index (χ0) is 28.2. The van der Waals surface area contributed by atoms with Gasteiger partial charge in [-0.1, -0.05) is 148 Å². The normalized spacial score (nSPS) is 12.9. The predicted octanol–water partition coefficient (Wildman–Crippen LogP) is 8.52. The first-order chi connectivity index (χ1) is 19.3. The van der Waals surface area contributed by atoms with E-state index in [0.29, 0.717) is 29.2 Å². The standard InChI is InChI=1S/C37H36O3/c1-36(2,3)31-23-15-25-33(35(31)40-26-27-16-8-5-9-17-27)37(38,29-20-12-7-13-21-29)32-24-14-22-30(34(32)39-4)28-18-10-6-11-19-28/h5-25,38H,26H2,1-4H3. The fraction of sp³-hybridized carbons (Fsp3) is 0.189. The summed E-state index contributed by atoms with van der Waals surface area (Å²) in [4.78, 5) is 0. The smallest absolute Gasteiger partial charge is 0.147 e. The van der Waals surface area contributed by atoms with Crippen LogP contribution in [0, 0.1) is 0 Å². The maximum absolute atomic E-state index is 13.1. The van der Waals surface area contributed by atoms with Crippen molar-refractivity contribution in [3.63, 3.8) is 0 Å². The van der Waals surface area contributed by atoms with Gasteiger partial charge in [0.25, 0.3) is 0 Å². The third-order valence-electron chi connectivity index (χ3n) is 7.32. The second-order valence-corrected chi connectivity index (χ2v) is 11.0. The second kappa shape index (κ2) is 11.4. The van der Waals surface area contributed by atoms with Crippen molar-refractivity contribution in [2.24, 2.45) is 0 Å². The molecule has 0 fully saturated rings. The van der Waals surface area contributed by atoms with Gasteiger partial charge in [0.05, 0.1) is 7.11 Å². The average Bonchev–Trinajstić information content (AvgIpc) is 3.00. The Kier molecular flexibility index (Phi) is 7.77. The number of rotatable bonds is 8. The molecule has 0 spiro atoms. The van der Waals surface area contributed by atoms with Gasteiger partial charge in [0.2, 0.25) is 0 Å². The summed E-state index contributed by atoms with van der Waals surface area (Å²) in [6, 6.07) is 42.0. The Morgan fingerprint density at radius 3 is 1.70 bits per heavy atom. The second-order valence-electron chi connectivity index (χ2n) is 11.0. The van der Waals surface area contributed by atoms with Crippen LogP contribution in [0.1, 0.15) is 48.6 Å². The molecule has 202 valence electrons. The Hall–Kier alpha value is -4.34. The van der Waals surface area contributed by atoms with E-state index >= 15 is 0 Å². The zero-order valence-electron chi connectivity index (χ0n) is 23.6. The van der Waals surface area contributed by atoms with Crippen molar-refractivity contribution < 1.29 is 14.6 Å². The van der Waals surface area contributed by atoms with Gasteiger partial charge in [-0.15, -0.1) is 0 Å². The predicted molar refractivity (Wildman–Crippen MR) is 163 cm³/mol. The molecule has 0 saturated carbocycles. The monoisotopic (exact) mass is 528 g/mol. The van der Waals surface area contributed by atoms with E-state index in [1.165, 1.54) is 0 Å². The van der Waals surface area contributed by atoms with E-state index in [4.69, 9.17) is 9.47 Å². The molecule has 0 bridgehead atoms. The molecular weight excluding hydrogens is 492 g/mol. The van der Waals surface area contributed by atoms with Gasteiger partial charge in [-0.2, -0.15) is 0 Å². The number of aliphatic hydroxyl groups is 1. The summed E-state index contributed by atoms with van der Waals surface area (Å²) in [5.41, 5.74) is 4.27. The summed E-state index contributed by atoms with van der Waals surface area (Å²) < 4.78 is 12.7. The fourth-order valence-electron chi connectivity index (χ4n) is 5.32. The van der Waals surface area contributed by atoms with Crippen molar-refractivity contribution in [3.05, 3.63) is 155 Å². The number of methoxy groups -OCH3 is 1. The Morgan fingerprint density at radius 2 is 1.10 bits per heavy atom. The largest absolute Gasteiger partial charge is 0.496 e. The van der Waals surface area contributed by atoms with Crippen LogP contribution in [-0.4, -0.2) is 12.2 Å². The van der Waals surface area contributed by atoms with E-state index in [-0.39, 0.29) is 5.41 Å². The molecule has 0 aliphatic rings. The minimum absolute atomic E-state index is 0.227. The average molecular weight is 529 g/mol. The maximum atomic E-state index is 13.1. The molecule has 5 aromatic rings. The van der Waals surface area contributed by atoms with Gasteiger partial charge >= 0.3 is 0 Å². The molecule has 3 heteroatoms. The van der Waals surface area contributed by atoms with Crippen molar-refractivity contribution in [1.29, 1.82) is 0 Å². The molecule has 0 aliphatic carbocycles. The molecule has 1 N–H and O–H groups in total. The van der Waals surface area contributed by atoms with Crippen LogP contribution in [0.2, 0.25) is 0 Å². The Labute approximate surface area is 237 Å². The first-order valence-corrected chi connectivity index (χ1v) is 13.7. The first-order valence-electron chi connectivity index (χ1n) is 13.7. The van der Waals surface area contributed by atoms with Crippen LogP contribution in [0.15, 0.2) is 127 Å². The fourth-order valence-corrected chi connectivity index (χ4v) is 5.32. The zero-order valence-corrected chi connectivity index (χ0v) is 23.6. The van der Waals surface area contributed by atoms with Crippen molar-refractivity contribution in [1.82, 2.24) is 0 Å². The van der Waals surface area contributed by atoms with Crippen LogP contribution < -0.4 is 9.47 Å². The Balaban J connectivity index is 1.79. The molecule has 0 aromatic heterocycles. The van der Waals surface area contributed by atoms with E-state index in [0.717, 1.165) is 27.8 Å². The highest BCUT2D eigenvalue weighted by Gasteiger charge is 2.41. The summed E-state index contributed by atoms with van der Waals surface area (Å²) >= 11 is 0. The summed E-state index contributed by atoms with van der Waals surface area (Å²) in [6.45, 7) is 6.88. The highest BCUT2D eigenvalue weighted by atomic mass is 16.5. The lowest BCUT2D eigenvalue weighted by Crippen LogP contribution is -2.31. The van der Waals surface area contributed by atoms with Crippen LogP contribution in [0.4, 0.5) is 0 Å². The molecule has 0 heterocycles. The molecule has 0 amide bonds. The highest BCUT2D eigenvalue weighted by molar-refractivity contribution is 5.74.